The van der Waals surface area contributed by atoms with E-state index in [1.807, 2.05) is 24.3 Å². The molecule has 9 nitrogen and oxygen atoms in total. The third-order valence-corrected chi connectivity index (χ3v) is 5.92. The quantitative estimate of drug-likeness (QED) is 0.630. The standard InChI is InChI=1S/C25H27N5O4/c1-17(31)30-15-14-29(16-23(30)18-8-10-19(34-3)11-9-18)25(33)20-6-4-5-7-21(20)26-24(32)22-12-13-28(2)27-22/h4-13,23H,14-16H2,1-3H3,(H,26,32)/t23-/m0/s1. The maximum absolute atomic E-state index is 13.5. The lowest BCUT2D eigenvalue weighted by Crippen LogP contribution is -2.51. The average Bonchev–Trinajstić information content (AvgIpc) is 3.30. The molecule has 1 aromatic heterocycles. The molecule has 1 aliphatic rings. The number of amides is 3. The van der Waals surface area contributed by atoms with Gasteiger partial charge in [-0.2, -0.15) is 5.10 Å². The zero-order chi connectivity index (χ0) is 24.2. The Morgan fingerprint density at radius 2 is 1.76 bits per heavy atom. The first kappa shape index (κ1) is 23.0. The number of carbonyl (C=O) groups excluding carboxylic acids is 3. The third kappa shape index (κ3) is 4.78. The summed E-state index contributed by atoms with van der Waals surface area (Å²) >= 11 is 0. The Bertz CT molecular complexity index is 1200. The van der Waals surface area contributed by atoms with Crippen LogP contribution in [0.2, 0.25) is 0 Å². The van der Waals surface area contributed by atoms with Crippen molar-refractivity contribution in [2.45, 2.75) is 13.0 Å². The number of ether oxygens (including phenoxy) is 1. The minimum atomic E-state index is -0.390. The first-order valence-electron chi connectivity index (χ1n) is 11.0. The topological polar surface area (TPSA) is 96.8 Å². The summed E-state index contributed by atoms with van der Waals surface area (Å²) in [7, 11) is 3.33. The van der Waals surface area contributed by atoms with Crippen LogP contribution >= 0.6 is 0 Å². The Hall–Kier alpha value is -4.14. The fourth-order valence-corrected chi connectivity index (χ4v) is 4.13. The molecule has 0 saturated carbocycles. The van der Waals surface area contributed by atoms with Crippen LogP contribution in [0.3, 0.4) is 0 Å². The molecular formula is C25H27N5O4. The summed E-state index contributed by atoms with van der Waals surface area (Å²) in [5, 5.41) is 6.92. The van der Waals surface area contributed by atoms with Crippen molar-refractivity contribution in [2.75, 3.05) is 32.1 Å². The van der Waals surface area contributed by atoms with Gasteiger partial charge >= 0.3 is 0 Å². The third-order valence-electron chi connectivity index (χ3n) is 5.92. The highest BCUT2D eigenvalue weighted by Gasteiger charge is 2.33. The van der Waals surface area contributed by atoms with E-state index < -0.39 is 5.91 Å². The molecule has 2 aromatic carbocycles. The van der Waals surface area contributed by atoms with Gasteiger partial charge < -0.3 is 19.9 Å². The van der Waals surface area contributed by atoms with Gasteiger partial charge in [-0.3, -0.25) is 19.1 Å². The summed E-state index contributed by atoms with van der Waals surface area (Å²) in [6.07, 6.45) is 1.68. The molecule has 1 aliphatic heterocycles. The second kappa shape index (κ2) is 9.78. The molecule has 176 valence electrons. The van der Waals surface area contributed by atoms with E-state index in [4.69, 9.17) is 4.74 Å². The zero-order valence-corrected chi connectivity index (χ0v) is 19.4. The van der Waals surface area contributed by atoms with Crippen LogP contribution in [0, 0.1) is 0 Å². The Labute approximate surface area is 197 Å². The van der Waals surface area contributed by atoms with E-state index in [0.717, 1.165) is 11.3 Å². The smallest absolute Gasteiger partial charge is 0.276 e. The van der Waals surface area contributed by atoms with E-state index in [1.54, 1.807) is 65.2 Å². The first-order valence-corrected chi connectivity index (χ1v) is 11.0. The molecule has 1 saturated heterocycles. The van der Waals surface area contributed by atoms with Gasteiger partial charge in [0.2, 0.25) is 5.91 Å². The highest BCUT2D eigenvalue weighted by molar-refractivity contribution is 6.08. The van der Waals surface area contributed by atoms with E-state index in [1.165, 1.54) is 6.92 Å². The SMILES string of the molecule is COc1ccc([C@@H]2CN(C(=O)c3ccccc3NC(=O)c3ccn(C)n3)CCN2C(C)=O)cc1. The van der Waals surface area contributed by atoms with E-state index >= 15 is 0 Å². The Morgan fingerprint density at radius 1 is 1.03 bits per heavy atom. The molecule has 34 heavy (non-hydrogen) atoms. The summed E-state index contributed by atoms with van der Waals surface area (Å²) in [5.74, 6) is 0.0763. The molecule has 1 atom stereocenters. The van der Waals surface area contributed by atoms with Crippen molar-refractivity contribution in [3.63, 3.8) is 0 Å². The molecule has 1 fully saturated rings. The van der Waals surface area contributed by atoms with Gasteiger partial charge in [0.05, 0.1) is 24.4 Å². The number of nitrogens with zero attached hydrogens (tertiary/aromatic N) is 4. The molecule has 4 rings (SSSR count). The number of piperazine rings is 1. The van der Waals surface area contributed by atoms with Gasteiger partial charge in [0.15, 0.2) is 5.69 Å². The summed E-state index contributed by atoms with van der Waals surface area (Å²) in [4.78, 5) is 42.0. The number of rotatable bonds is 5. The molecule has 0 bridgehead atoms. The van der Waals surface area contributed by atoms with Gasteiger partial charge in [0.25, 0.3) is 11.8 Å². The maximum Gasteiger partial charge on any atom is 0.276 e. The van der Waals surface area contributed by atoms with Crippen molar-refractivity contribution in [3.8, 4) is 5.75 Å². The Balaban J connectivity index is 1.56. The van der Waals surface area contributed by atoms with Gasteiger partial charge in [0, 0.05) is 39.8 Å². The Morgan fingerprint density at radius 3 is 2.41 bits per heavy atom. The predicted molar refractivity (Wildman–Crippen MR) is 127 cm³/mol. The zero-order valence-electron chi connectivity index (χ0n) is 19.4. The summed E-state index contributed by atoms with van der Waals surface area (Å²) in [5.41, 5.74) is 1.99. The molecule has 0 aliphatic carbocycles. The number of para-hydroxylation sites is 1. The molecule has 3 amide bonds. The van der Waals surface area contributed by atoms with E-state index in [2.05, 4.69) is 10.4 Å². The Kier molecular flexibility index (Phi) is 6.62. The van der Waals surface area contributed by atoms with Crippen molar-refractivity contribution in [2.24, 2.45) is 7.05 Å². The van der Waals surface area contributed by atoms with Gasteiger partial charge in [0.1, 0.15) is 5.75 Å². The number of carbonyl (C=O) groups is 3. The number of nitrogens with one attached hydrogen (secondary N) is 1. The fraction of sp³-hybridized carbons (Fsp3) is 0.280. The molecule has 0 unspecified atom stereocenters. The second-order valence-corrected chi connectivity index (χ2v) is 8.13. The van der Waals surface area contributed by atoms with Crippen molar-refractivity contribution >= 4 is 23.4 Å². The second-order valence-electron chi connectivity index (χ2n) is 8.13. The highest BCUT2D eigenvalue weighted by Crippen LogP contribution is 2.29. The number of aryl methyl sites for hydroxylation is 1. The lowest BCUT2D eigenvalue weighted by atomic mass is 10.0. The lowest BCUT2D eigenvalue weighted by molar-refractivity contribution is -0.133. The first-order chi connectivity index (χ1) is 16.4. The average molecular weight is 462 g/mol. The van der Waals surface area contributed by atoms with Crippen LogP contribution < -0.4 is 10.1 Å². The van der Waals surface area contributed by atoms with Crippen LogP contribution in [0.4, 0.5) is 5.69 Å². The minimum Gasteiger partial charge on any atom is -0.497 e. The summed E-state index contributed by atoms with van der Waals surface area (Å²) < 4.78 is 6.78. The van der Waals surface area contributed by atoms with Crippen molar-refractivity contribution in [1.82, 2.24) is 19.6 Å². The van der Waals surface area contributed by atoms with Crippen LogP contribution in [-0.2, 0) is 11.8 Å². The van der Waals surface area contributed by atoms with E-state index in [-0.39, 0.29) is 23.6 Å². The van der Waals surface area contributed by atoms with E-state index in [9.17, 15) is 14.4 Å². The minimum absolute atomic E-state index is 0.0454. The summed E-state index contributed by atoms with van der Waals surface area (Å²) in [6.45, 7) is 2.69. The highest BCUT2D eigenvalue weighted by atomic mass is 16.5. The number of anilines is 1. The van der Waals surface area contributed by atoms with Gasteiger partial charge in [-0.15, -0.1) is 0 Å². The largest absolute Gasteiger partial charge is 0.497 e. The molecule has 1 N–H and O–H groups in total. The van der Waals surface area contributed by atoms with Crippen LogP contribution in [0.15, 0.2) is 60.8 Å². The maximum atomic E-state index is 13.5. The molecule has 9 heteroatoms. The van der Waals surface area contributed by atoms with Crippen molar-refractivity contribution in [3.05, 3.63) is 77.6 Å². The van der Waals surface area contributed by atoms with Crippen LogP contribution in [-0.4, -0.2) is 64.0 Å². The molecule has 0 radical (unpaired) electrons. The number of hydrogen-bond acceptors (Lipinski definition) is 5. The molecule has 2 heterocycles. The lowest BCUT2D eigenvalue weighted by Gasteiger charge is -2.41. The summed E-state index contributed by atoms with van der Waals surface area (Å²) in [6, 6.07) is 15.7. The number of methoxy groups -OCH3 is 1. The van der Waals surface area contributed by atoms with Crippen LogP contribution in [0.25, 0.3) is 0 Å². The van der Waals surface area contributed by atoms with Gasteiger partial charge in [-0.05, 0) is 35.9 Å². The van der Waals surface area contributed by atoms with Gasteiger partial charge in [-0.1, -0.05) is 24.3 Å². The van der Waals surface area contributed by atoms with Crippen LogP contribution in [0.5, 0.6) is 5.75 Å². The molecular weight excluding hydrogens is 434 g/mol. The molecule has 0 spiro atoms. The van der Waals surface area contributed by atoms with Crippen LogP contribution in [0.1, 0.15) is 39.4 Å². The molecule has 3 aromatic rings. The van der Waals surface area contributed by atoms with E-state index in [0.29, 0.717) is 30.9 Å². The predicted octanol–water partition coefficient (Wildman–Crippen LogP) is 2.73. The monoisotopic (exact) mass is 461 g/mol. The van der Waals surface area contributed by atoms with Crippen molar-refractivity contribution < 1.29 is 19.1 Å². The van der Waals surface area contributed by atoms with Crippen molar-refractivity contribution in [1.29, 1.82) is 0 Å². The number of aromatic nitrogens is 2. The number of benzene rings is 2. The van der Waals surface area contributed by atoms with Gasteiger partial charge in [-0.25, -0.2) is 0 Å². The normalized spacial score (nSPS) is 15.7. The number of hydrogen-bond donors (Lipinski definition) is 1. The fourth-order valence-electron chi connectivity index (χ4n) is 4.13.